The van der Waals surface area contributed by atoms with E-state index in [0.717, 1.165) is 21.7 Å². The quantitative estimate of drug-likeness (QED) is 0.382. The van der Waals surface area contributed by atoms with Crippen molar-refractivity contribution in [3.63, 3.8) is 0 Å². The molecule has 1 aliphatic heterocycles. The number of carbonyl (C=O) groups excluding carboxylic acids is 1. The lowest BCUT2D eigenvalue weighted by Gasteiger charge is -2.24. The Morgan fingerprint density at radius 2 is 1.52 bits per heavy atom. The predicted molar refractivity (Wildman–Crippen MR) is 134 cm³/mol. The Kier molecular flexibility index (Phi) is 6.00. The molecule has 158 valence electrons. The Labute approximate surface area is 193 Å². The van der Waals surface area contributed by atoms with Gasteiger partial charge >= 0.3 is 0 Å². The van der Waals surface area contributed by atoms with Crippen LogP contribution in [-0.4, -0.2) is 5.91 Å². The molecule has 0 aliphatic carbocycles. The molecule has 31 heavy (non-hydrogen) atoms. The monoisotopic (exact) mass is 447 g/mol. The van der Waals surface area contributed by atoms with Crippen molar-refractivity contribution in [2.24, 2.45) is 0 Å². The highest BCUT2D eigenvalue weighted by Gasteiger charge is 2.38. The topological polar surface area (TPSA) is 20.3 Å². The zero-order chi connectivity index (χ0) is 22.2. The minimum atomic E-state index is -0.132. The van der Waals surface area contributed by atoms with Crippen LogP contribution in [0.25, 0.3) is 6.08 Å². The van der Waals surface area contributed by atoms with Crippen molar-refractivity contribution in [2.45, 2.75) is 38.5 Å². The maximum absolute atomic E-state index is 13.5. The largest absolute Gasteiger partial charge is 0.291 e. The minimum Gasteiger partial charge on any atom is -0.291 e. The number of aryl methyl sites for hydroxylation is 1. The fraction of sp³-hybridized carbons (Fsp3) is 0.222. The average molecular weight is 448 g/mol. The smallest absolute Gasteiger partial charge is 0.266 e. The molecule has 0 unspecified atom stereocenters. The van der Waals surface area contributed by atoms with E-state index in [0.29, 0.717) is 5.02 Å². The molecule has 0 aromatic heterocycles. The van der Waals surface area contributed by atoms with Crippen LogP contribution in [0.15, 0.2) is 77.7 Å². The summed E-state index contributed by atoms with van der Waals surface area (Å²) in [6, 6.07) is 24.3. The number of carbonyl (C=O) groups is 1. The maximum Gasteiger partial charge on any atom is 0.266 e. The van der Waals surface area contributed by atoms with Gasteiger partial charge in [0.15, 0.2) is 0 Å². The molecule has 3 aromatic rings. The maximum atomic E-state index is 13.5. The second-order valence-electron chi connectivity index (χ2n) is 8.91. The molecule has 0 spiro atoms. The summed E-state index contributed by atoms with van der Waals surface area (Å²) in [5, 5.41) is 0.558. The highest BCUT2D eigenvalue weighted by atomic mass is 35.5. The third-order valence-electron chi connectivity index (χ3n) is 5.44. The summed E-state index contributed by atoms with van der Waals surface area (Å²) in [5.41, 5.74) is 5.53. The Bertz CT molecular complexity index is 1110. The normalized spacial score (nSPS) is 18.1. The van der Waals surface area contributed by atoms with Gasteiger partial charge in [-0.1, -0.05) is 98.2 Å². The van der Waals surface area contributed by atoms with Gasteiger partial charge in [0.1, 0.15) is 5.37 Å². The van der Waals surface area contributed by atoms with Gasteiger partial charge in [0, 0.05) is 10.7 Å². The fourth-order valence-electron chi connectivity index (χ4n) is 3.58. The Morgan fingerprint density at radius 1 is 0.903 bits per heavy atom. The van der Waals surface area contributed by atoms with E-state index in [9.17, 15) is 4.79 Å². The zero-order valence-electron chi connectivity index (χ0n) is 18.2. The van der Waals surface area contributed by atoms with Crippen LogP contribution in [-0.2, 0) is 10.2 Å². The van der Waals surface area contributed by atoms with Crippen LogP contribution < -0.4 is 4.90 Å². The Hall–Kier alpha value is -2.49. The van der Waals surface area contributed by atoms with E-state index in [1.54, 1.807) is 11.8 Å². The Morgan fingerprint density at radius 3 is 2.10 bits per heavy atom. The molecule has 2 nitrogen and oxygen atoms in total. The second kappa shape index (κ2) is 8.57. The first-order chi connectivity index (χ1) is 14.7. The molecule has 0 radical (unpaired) electrons. The number of thioether (sulfide) groups is 1. The molecule has 4 heteroatoms. The molecule has 1 aliphatic rings. The second-order valence-corrected chi connectivity index (χ2v) is 10.5. The molecule has 1 amide bonds. The average Bonchev–Trinajstić information content (AvgIpc) is 3.05. The molecular formula is C27H26ClNOS. The van der Waals surface area contributed by atoms with Crippen molar-refractivity contribution < 1.29 is 4.79 Å². The lowest BCUT2D eigenvalue weighted by Crippen LogP contribution is -2.27. The summed E-state index contributed by atoms with van der Waals surface area (Å²) < 4.78 is 0. The first kappa shape index (κ1) is 21.7. The number of halogens is 1. The van der Waals surface area contributed by atoms with Crippen LogP contribution in [0.5, 0.6) is 0 Å². The van der Waals surface area contributed by atoms with Gasteiger partial charge in [-0.2, -0.15) is 0 Å². The summed E-state index contributed by atoms with van der Waals surface area (Å²) in [5.74, 6) is 0.0219. The fourth-order valence-corrected chi connectivity index (χ4v) is 4.96. The number of hydrogen-bond acceptors (Lipinski definition) is 2. The number of nitrogens with zero attached hydrogens (tertiary/aromatic N) is 1. The number of benzene rings is 3. The SMILES string of the molecule is Cc1ccc(N2C(=O)/C(=C\c3ccc(C(C)(C)C)cc3)S[C@@H]2c2ccc(Cl)cc2)cc1. The lowest BCUT2D eigenvalue weighted by atomic mass is 9.87. The van der Waals surface area contributed by atoms with Gasteiger partial charge in [-0.25, -0.2) is 0 Å². The van der Waals surface area contributed by atoms with Gasteiger partial charge < -0.3 is 0 Å². The van der Waals surface area contributed by atoms with Gasteiger partial charge in [0.2, 0.25) is 0 Å². The summed E-state index contributed by atoms with van der Waals surface area (Å²) in [7, 11) is 0. The van der Waals surface area contributed by atoms with E-state index in [2.05, 4.69) is 45.0 Å². The van der Waals surface area contributed by atoms with Gasteiger partial charge in [0.05, 0.1) is 4.91 Å². The first-order valence-electron chi connectivity index (χ1n) is 10.4. The van der Waals surface area contributed by atoms with Gasteiger partial charge in [-0.3, -0.25) is 9.69 Å². The molecule has 1 atom stereocenters. The van der Waals surface area contributed by atoms with Crippen molar-refractivity contribution in [2.75, 3.05) is 4.90 Å². The summed E-state index contributed by atoms with van der Waals surface area (Å²) in [6.07, 6.45) is 2.00. The number of amides is 1. The van der Waals surface area contributed by atoms with Crippen LogP contribution in [0, 0.1) is 6.92 Å². The van der Waals surface area contributed by atoms with E-state index in [4.69, 9.17) is 11.6 Å². The minimum absolute atomic E-state index is 0.0219. The lowest BCUT2D eigenvalue weighted by molar-refractivity contribution is -0.114. The third kappa shape index (κ3) is 4.73. The van der Waals surface area contributed by atoms with Gasteiger partial charge in [-0.05, 0) is 59.4 Å². The van der Waals surface area contributed by atoms with Crippen LogP contribution in [0.3, 0.4) is 0 Å². The van der Waals surface area contributed by atoms with Crippen molar-refractivity contribution in [1.29, 1.82) is 0 Å². The summed E-state index contributed by atoms with van der Waals surface area (Å²) >= 11 is 7.68. The van der Waals surface area contributed by atoms with Crippen molar-refractivity contribution in [3.05, 3.63) is 105 Å². The highest BCUT2D eigenvalue weighted by Crippen LogP contribution is 2.48. The van der Waals surface area contributed by atoms with Crippen LogP contribution in [0.4, 0.5) is 5.69 Å². The van der Waals surface area contributed by atoms with Crippen molar-refractivity contribution in [3.8, 4) is 0 Å². The molecule has 1 heterocycles. The van der Waals surface area contributed by atoms with Crippen LogP contribution in [0.1, 0.15) is 48.4 Å². The molecule has 0 N–H and O–H groups in total. The van der Waals surface area contributed by atoms with E-state index < -0.39 is 0 Å². The van der Waals surface area contributed by atoms with Crippen LogP contribution in [0.2, 0.25) is 5.02 Å². The summed E-state index contributed by atoms with van der Waals surface area (Å²) in [6.45, 7) is 8.65. The zero-order valence-corrected chi connectivity index (χ0v) is 19.8. The standard InChI is InChI=1S/C27H26ClNOS/c1-18-5-15-23(16-6-18)29-25(30)24(31-26(29)20-9-13-22(28)14-10-20)17-19-7-11-21(12-8-19)27(2,3)4/h5-17,26H,1-4H3/b24-17+/t26-/m1/s1. The molecule has 0 bridgehead atoms. The molecule has 0 saturated carbocycles. The molecular weight excluding hydrogens is 422 g/mol. The van der Waals surface area contributed by atoms with Gasteiger partial charge in [-0.15, -0.1) is 0 Å². The number of rotatable bonds is 3. The van der Waals surface area contributed by atoms with Gasteiger partial charge in [0.25, 0.3) is 5.91 Å². The molecule has 1 fully saturated rings. The number of anilines is 1. The molecule has 3 aromatic carbocycles. The first-order valence-corrected chi connectivity index (χ1v) is 11.6. The van der Waals surface area contributed by atoms with Crippen LogP contribution >= 0.6 is 23.4 Å². The number of hydrogen-bond donors (Lipinski definition) is 0. The van der Waals surface area contributed by atoms with E-state index in [1.165, 1.54) is 11.1 Å². The predicted octanol–water partition coefficient (Wildman–Crippen LogP) is 7.77. The van der Waals surface area contributed by atoms with Crippen molar-refractivity contribution in [1.82, 2.24) is 0 Å². The Balaban J connectivity index is 1.71. The van der Waals surface area contributed by atoms with E-state index in [-0.39, 0.29) is 16.7 Å². The van der Waals surface area contributed by atoms with E-state index >= 15 is 0 Å². The van der Waals surface area contributed by atoms with E-state index in [1.807, 2.05) is 66.4 Å². The highest BCUT2D eigenvalue weighted by molar-refractivity contribution is 8.05. The van der Waals surface area contributed by atoms with Crippen molar-refractivity contribution >= 4 is 41.0 Å². The third-order valence-corrected chi connectivity index (χ3v) is 6.95. The molecule has 1 saturated heterocycles. The molecule has 4 rings (SSSR count). The summed E-state index contributed by atoms with van der Waals surface area (Å²) in [4.78, 5) is 16.1.